The van der Waals surface area contributed by atoms with Crippen LogP contribution >= 0.6 is 0 Å². The summed E-state index contributed by atoms with van der Waals surface area (Å²) in [6.07, 6.45) is 0. The highest BCUT2D eigenvalue weighted by molar-refractivity contribution is 6.16. The van der Waals surface area contributed by atoms with E-state index in [9.17, 15) is 23.5 Å². The van der Waals surface area contributed by atoms with Crippen LogP contribution < -0.4 is 4.90 Å². The van der Waals surface area contributed by atoms with Gasteiger partial charge in [-0.25, -0.2) is 8.78 Å². The Kier molecular flexibility index (Phi) is 4.59. The maximum absolute atomic E-state index is 14.5. The van der Waals surface area contributed by atoms with Gasteiger partial charge in [0.15, 0.2) is 11.5 Å². The molecule has 0 bridgehead atoms. The van der Waals surface area contributed by atoms with Crippen molar-refractivity contribution in [2.45, 2.75) is 19.9 Å². The molecule has 1 aliphatic heterocycles. The molecular formula is C20H17F2NO3. The molecular weight excluding hydrogens is 340 g/mol. The number of carbonyl (C=O) groups excluding carboxylic acids is 2. The molecule has 1 heterocycles. The number of ketones is 1. The Bertz CT molecular complexity index is 904. The maximum Gasteiger partial charge on any atom is 0.294 e. The zero-order valence-corrected chi connectivity index (χ0v) is 14.2. The van der Waals surface area contributed by atoms with Crippen molar-refractivity contribution in [3.05, 3.63) is 77.1 Å². The van der Waals surface area contributed by atoms with Gasteiger partial charge in [-0.1, -0.05) is 32.0 Å². The number of hydrogen-bond donors (Lipinski definition) is 1. The van der Waals surface area contributed by atoms with Crippen LogP contribution in [-0.2, 0) is 9.59 Å². The fourth-order valence-electron chi connectivity index (χ4n) is 3.03. The third kappa shape index (κ3) is 2.87. The minimum Gasteiger partial charge on any atom is -0.503 e. The number of hydrogen-bond acceptors (Lipinski definition) is 3. The van der Waals surface area contributed by atoms with E-state index in [0.717, 1.165) is 17.0 Å². The first-order chi connectivity index (χ1) is 12.3. The number of carbonyl (C=O) groups is 2. The molecule has 1 unspecified atom stereocenters. The molecule has 0 saturated heterocycles. The van der Waals surface area contributed by atoms with Crippen LogP contribution in [0.2, 0.25) is 0 Å². The van der Waals surface area contributed by atoms with Crippen molar-refractivity contribution in [3.63, 3.8) is 0 Å². The molecule has 2 aromatic carbocycles. The van der Waals surface area contributed by atoms with Crippen LogP contribution in [0.4, 0.5) is 14.5 Å². The van der Waals surface area contributed by atoms with Gasteiger partial charge in [0.25, 0.3) is 5.91 Å². The number of benzene rings is 2. The van der Waals surface area contributed by atoms with Crippen LogP contribution in [0.5, 0.6) is 0 Å². The Morgan fingerprint density at radius 1 is 1.08 bits per heavy atom. The molecule has 2 aromatic rings. The van der Waals surface area contributed by atoms with Crippen molar-refractivity contribution in [3.8, 4) is 0 Å². The van der Waals surface area contributed by atoms with Gasteiger partial charge < -0.3 is 5.11 Å². The van der Waals surface area contributed by atoms with Gasteiger partial charge >= 0.3 is 0 Å². The average Bonchev–Trinajstić information content (AvgIpc) is 2.87. The Morgan fingerprint density at radius 2 is 1.69 bits per heavy atom. The van der Waals surface area contributed by atoms with Crippen molar-refractivity contribution in [2.75, 3.05) is 4.90 Å². The third-order valence-corrected chi connectivity index (χ3v) is 4.30. The largest absolute Gasteiger partial charge is 0.503 e. The highest BCUT2D eigenvalue weighted by atomic mass is 19.1. The van der Waals surface area contributed by atoms with Crippen molar-refractivity contribution >= 4 is 17.4 Å². The summed E-state index contributed by atoms with van der Waals surface area (Å²) in [5, 5.41) is 10.4. The topological polar surface area (TPSA) is 57.6 Å². The predicted molar refractivity (Wildman–Crippen MR) is 92.5 cm³/mol. The number of anilines is 1. The predicted octanol–water partition coefficient (Wildman–Crippen LogP) is 4.09. The molecule has 1 amide bonds. The number of nitrogens with zero attached hydrogens (tertiary/aromatic N) is 1. The Morgan fingerprint density at radius 3 is 2.27 bits per heavy atom. The number of rotatable bonds is 4. The lowest BCUT2D eigenvalue weighted by Gasteiger charge is -2.27. The van der Waals surface area contributed by atoms with Crippen LogP contribution in [0.1, 0.15) is 25.5 Å². The quantitative estimate of drug-likeness (QED) is 0.897. The summed E-state index contributed by atoms with van der Waals surface area (Å²) in [6.45, 7) is 3.26. The van der Waals surface area contributed by atoms with E-state index in [1.54, 1.807) is 19.9 Å². The van der Waals surface area contributed by atoms with E-state index in [2.05, 4.69) is 0 Å². The molecule has 1 atom stereocenters. The van der Waals surface area contributed by atoms with Crippen LogP contribution in [0.3, 0.4) is 0 Å². The number of Topliss-reactive ketones (excluding diaryl/α,β-unsaturated/α-hetero) is 1. The molecule has 1 aliphatic rings. The molecule has 0 aromatic heterocycles. The summed E-state index contributed by atoms with van der Waals surface area (Å²) in [7, 11) is 0. The SMILES string of the molecule is CC(C)C(=O)C1=C(O)C(=O)N(c2ccc(F)cc2)C1c1ccccc1F. The van der Waals surface area contributed by atoms with Crippen LogP contribution in [0.15, 0.2) is 59.9 Å². The summed E-state index contributed by atoms with van der Waals surface area (Å²) in [5.41, 5.74) is 0.181. The van der Waals surface area contributed by atoms with E-state index in [1.807, 2.05) is 0 Å². The van der Waals surface area contributed by atoms with Crippen molar-refractivity contribution in [2.24, 2.45) is 5.92 Å². The van der Waals surface area contributed by atoms with Gasteiger partial charge in [0, 0.05) is 17.2 Å². The summed E-state index contributed by atoms with van der Waals surface area (Å²) in [4.78, 5) is 26.4. The van der Waals surface area contributed by atoms with Crippen LogP contribution in [0.25, 0.3) is 0 Å². The highest BCUT2D eigenvalue weighted by Crippen LogP contribution is 2.42. The number of aliphatic hydroxyl groups excluding tert-OH is 1. The molecule has 6 heteroatoms. The molecule has 0 fully saturated rings. The lowest BCUT2D eigenvalue weighted by molar-refractivity contribution is -0.119. The van der Waals surface area contributed by atoms with Gasteiger partial charge in [-0.15, -0.1) is 0 Å². The third-order valence-electron chi connectivity index (χ3n) is 4.30. The summed E-state index contributed by atoms with van der Waals surface area (Å²) >= 11 is 0. The lowest BCUT2D eigenvalue weighted by atomic mass is 9.91. The first-order valence-corrected chi connectivity index (χ1v) is 8.13. The van der Waals surface area contributed by atoms with E-state index < -0.39 is 41.0 Å². The minimum atomic E-state index is -1.12. The monoisotopic (exact) mass is 357 g/mol. The first-order valence-electron chi connectivity index (χ1n) is 8.13. The first kappa shape index (κ1) is 17.8. The van der Waals surface area contributed by atoms with E-state index in [4.69, 9.17) is 0 Å². The second-order valence-corrected chi connectivity index (χ2v) is 6.36. The summed E-state index contributed by atoms with van der Waals surface area (Å²) in [5.74, 6) is -3.59. The second-order valence-electron chi connectivity index (χ2n) is 6.36. The van der Waals surface area contributed by atoms with Gasteiger partial charge in [0.1, 0.15) is 11.6 Å². The normalized spacial score (nSPS) is 17.3. The van der Waals surface area contributed by atoms with Crippen LogP contribution in [-0.4, -0.2) is 16.8 Å². The molecule has 26 heavy (non-hydrogen) atoms. The van der Waals surface area contributed by atoms with E-state index >= 15 is 0 Å². The second kappa shape index (κ2) is 6.71. The zero-order chi connectivity index (χ0) is 19.0. The summed E-state index contributed by atoms with van der Waals surface area (Å²) in [6, 6.07) is 9.62. The van der Waals surface area contributed by atoms with Gasteiger partial charge in [-0.3, -0.25) is 14.5 Å². The number of amides is 1. The summed E-state index contributed by atoms with van der Waals surface area (Å²) < 4.78 is 27.7. The van der Waals surface area contributed by atoms with Gasteiger partial charge in [0.05, 0.1) is 11.6 Å². The Balaban J connectivity index is 2.21. The van der Waals surface area contributed by atoms with E-state index in [-0.39, 0.29) is 16.8 Å². The van der Waals surface area contributed by atoms with Crippen molar-refractivity contribution < 1.29 is 23.5 Å². The molecule has 3 rings (SSSR count). The highest BCUT2D eigenvalue weighted by Gasteiger charge is 2.45. The minimum absolute atomic E-state index is 0.0817. The maximum atomic E-state index is 14.5. The number of halogens is 2. The van der Waals surface area contributed by atoms with Gasteiger partial charge in [0.2, 0.25) is 0 Å². The Hall–Kier alpha value is -3.02. The molecule has 134 valence electrons. The van der Waals surface area contributed by atoms with E-state index in [0.29, 0.717) is 0 Å². The molecule has 0 spiro atoms. The van der Waals surface area contributed by atoms with Crippen LogP contribution in [0, 0.1) is 17.6 Å². The molecule has 4 nitrogen and oxygen atoms in total. The lowest BCUT2D eigenvalue weighted by Crippen LogP contribution is -2.32. The fraction of sp³-hybridized carbons (Fsp3) is 0.200. The number of aliphatic hydroxyl groups is 1. The standard InChI is InChI=1S/C20H17F2NO3/c1-11(2)18(24)16-17(14-5-3-4-6-15(14)22)23(20(26)19(16)25)13-9-7-12(21)8-10-13/h3-11,17,25H,1-2H3. The molecule has 0 radical (unpaired) electrons. The molecule has 0 saturated carbocycles. The molecule has 1 N–H and O–H groups in total. The van der Waals surface area contributed by atoms with Gasteiger partial charge in [-0.2, -0.15) is 0 Å². The smallest absolute Gasteiger partial charge is 0.294 e. The zero-order valence-electron chi connectivity index (χ0n) is 14.2. The van der Waals surface area contributed by atoms with E-state index in [1.165, 1.54) is 30.3 Å². The Labute approximate surface area is 149 Å². The average molecular weight is 357 g/mol. The molecule has 0 aliphatic carbocycles. The van der Waals surface area contributed by atoms with Crippen molar-refractivity contribution in [1.82, 2.24) is 0 Å². The van der Waals surface area contributed by atoms with Crippen molar-refractivity contribution in [1.29, 1.82) is 0 Å². The fourth-order valence-corrected chi connectivity index (χ4v) is 3.03. The van der Waals surface area contributed by atoms with Gasteiger partial charge in [-0.05, 0) is 30.3 Å².